The molecule has 3 aromatic rings. The van der Waals surface area contributed by atoms with Gasteiger partial charge in [-0.25, -0.2) is 0 Å². The van der Waals surface area contributed by atoms with Crippen molar-refractivity contribution in [2.24, 2.45) is 0 Å². The number of benzene rings is 1. The lowest BCUT2D eigenvalue weighted by Crippen LogP contribution is -2.32. The standard InChI is InChI=1S/C23H29N5O3S/c1-26(15-18-8-6-9-19(14-18)30-2)21(29)17-32-23-25-24-22(27-11-4-3-5-12-27)28(23)16-20-10-7-13-31-20/h6-10,13-14H,3-5,11-12,15-17H2,1-2H3. The molecule has 2 aromatic heterocycles. The first-order chi connectivity index (χ1) is 15.6. The molecule has 9 heteroatoms. The third-order valence-corrected chi connectivity index (χ3v) is 6.49. The van der Waals surface area contributed by atoms with E-state index in [-0.39, 0.29) is 11.7 Å². The van der Waals surface area contributed by atoms with E-state index in [2.05, 4.69) is 19.7 Å². The summed E-state index contributed by atoms with van der Waals surface area (Å²) in [5, 5.41) is 9.61. The summed E-state index contributed by atoms with van der Waals surface area (Å²) in [6.45, 7) is 3.02. The predicted molar refractivity (Wildman–Crippen MR) is 124 cm³/mol. The highest BCUT2D eigenvalue weighted by atomic mass is 32.2. The summed E-state index contributed by atoms with van der Waals surface area (Å²) in [6.07, 6.45) is 5.23. The number of nitrogens with zero attached hydrogens (tertiary/aromatic N) is 5. The average Bonchev–Trinajstić information content (AvgIpc) is 3.48. The number of hydrogen-bond donors (Lipinski definition) is 0. The van der Waals surface area contributed by atoms with E-state index in [0.29, 0.717) is 13.1 Å². The van der Waals surface area contributed by atoms with Crippen LogP contribution in [0.4, 0.5) is 5.95 Å². The average molecular weight is 456 g/mol. The van der Waals surface area contributed by atoms with E-state index < -0.39 is 0 Å². The van der Waals surface area contributed by atoms with Gasteiger partial charge in [-0.15, -0.1) is 10.2 Å². The molecule has 1 fully saturated rings. The lowest BCUT2D eigenvalue weighted by atomic mass is 10.1. The third kappa shape index (κ3) is 5.45. The Morgan fingerprint density at radius 2 is 2.03 bits per heavy atom. The zero-order valence-electron chi connectivity index (χ0n) is 18.6. The van der Waals surface area contributed by atoms with E-state index in [0.717, 1.165) is 54.1 Å². The molecule has 1 saturated heterocycles. The molecule has 0 aliphatic carbocycles. The first-order valence-corrected chi connectivity index (χ1v) is 11.8. The second-order valence-electron chi connectivity index (χ2n) is 7.89. The van der Waals surface area contributed by atoms with E-state index in [1.165, 1.54) is 18.2 Å². The highest BCUT2D eigenvalue weighted by Crippen LogP contribution is 2.26. The Morgan fingerprint density at radius 1 is 1.19 bits per heavy atom. The van der Waals surface area contributed by atoms with E-state index in [1.807, 2.05) is 43.4 Å². The highest BCUT2D eigenvalue weighted by Gasteiger charge is 2.22. The number of carbonyl (C=O) groups excluding carboxylic acids is 1. The number of methoxy groups -OCH3 is 1. The van der Waals surface area contributed by atoms with Crippen LogP contribution in [0.5, 0.6) is 5.75 Å². The van der Waals surface area contributed by atoms with Crippen molar-refractivity contribution in [3.63, 3.8) is 0 Å². The van der Waals surface area contributed by atoms with Crippen molar-refractivity contribution >= 4 is 23.6 Å². The van der Waals surface area contributed by atoms with E-state index in [4.69, 9.17) is 9.15 Å². The molecule has 1 amide bonds. The quantitative estimate of drug-likeness (QED) is 0.456. The van der Waals surface area contributed by atoms with Crippen LogP contribution in [0, 0.1) is 0 Å². The van der Waals surface area contributed by atoms with Crippen LogP contribution >= 0.6 is 11.8 Å². The van der Waals surface area contributed by atoms with Gasteiger partial charge in [-0.3, -0.25) is 9.36 Å². The Kier molecular flexibility index (Phi) is 7.36. The molecular formula is C23H29N5O3S. The Bertz CT molecular complexity index is 1010. The SMILES string of the molecule is COc1cccc(CN(C)C(=O)CSc2nnc(N3CCCCC3)n2Cc2ccco2)c1. The predicted octanol–water partition coefficient (Wildman–Crippen LogP) is 3.67. The summed E-state index contributed by atoms with van der Waals surface area (Å²) in [6, 6.07) is 11.6. The van der Waals surface area contributed by atoms with Crippen molar-refractivity contribution in [2.75, 3.05) is 37.9 Å². The fourth-order valence-electron chi connectivity index (χ4n) is 3.78. The van der Waals surface area contributed by atoms with Crippen LogP contribution in [0.3, 0.4) is 0 Å². The Balaban J connectivity index is 1.43. The van der Waals surface area contributed by atoms with Gasteiger partial charge in [0.25, 0.3) is 0 Å². The minimum Gasteiger partial charge on any atom is -0.497 e. The van der Waals surface area contributed by atoms with Gasteiger partial charge in [-0.05, 0) is 49.1 Å². The van der Waals surface area contributed by atoms with Crippen molar-refractivity contribution in [1.29, 1.82) is 0 Å². The molecule has 0 spiro atoms. The summed E-state index contributed by atoms with van der Waals surface area (Å²) < 4.78 is 12.9. The van der Waals surface area contributed by atoms with Crippen molar-refractivity contribution in [1.82, 2.24) is 19.7 Å². The normalized spacial score (nSPS) is 13.9. The Labute approximate surface area is 192 Å². The molecule has 0 atom stereocenters. The van der Waals surface area contributed by atoms with Gasteiger partial charge in [-0.2, -0.15) is 0 Å². The zero-order valence-corrected chi connectivity index (χ0v) is 19.4. The minimum absolute atomic E-state index is 0.0323. The molecule has 0 saturated carbocycles. The van der Waals surface area contributed by atoms with Gasteiger partial charge in [0.05, 0.1) is 25.7 Å². The molecule has 0 N–H and O–H groups in total. The van der Waals surface area contributed by atoms with Crippen molar-refractivity contribution in [3.05, 3.63) is 54.0 Å². The van der Waals surface area contributed by atoms with Crippen LogP contribution < -0.4 is 9.64 Å². The largest absolute Gasteiger partial charge is 0.497 e. The molecular weight excluding hydrogens is 426 g/mol. The number of rotatable bonds is 9. The van der Waals surface area contributed by atoms with Crippen LogP contribution in [-0.2, 0) is 17.9 Å². The van der Waals surface area contributed by atoms with E-state index in [1.54, 1.807) is 18.3 Å². The first kappa shape index (κ1) is 22.3. The van der Waals surface area contributed by atoms with Gasteiger partial charge < -0.3 is 19.0 Å². The van der Waals surface area contributed by atoms with Gasteiger partial charge in [0.1, 0.15) is 11.5 Å². The number of hydrogen-bond acceptors (Lipinski definition) is 7. The topological polar surface area (TPSA) is 76.6 Å². The molecule has 1 aromatic carbocycles. The number of amides is 1. The maximum absolute atomic E-state index is 12.8. The van der Waals surface area contributed by atoms with Crippen LogP contribution in [0.15, 0.2) is 52.2 Å². The Hall–Kier alpha value is -2.94. The van der Waals surface area contributed by atoms with E-state index in [9.17, 15) is 4.79 Å². The number of piperidine rings is 1. The number of furan rings is 1. The summed E-state index contributed by atoms with van der Waals surface area (Å²) in [7, 11) is 3.46. The molecule has 1 aliphatic rings. The summed E-state index contributed by atoms with van der Waals surface area (Å²) >= 11 is 1.41. The maximum atomic E-state index is 12.8. The number of thioether (sulfide) groups is 1. The monoisotopic (exact) mass is 455 g/mol. The van der Waals surface area contributed by atoms with Crippen LogP contribution in [0.25, 0.3) is 0 Å². The minimum atomic E-state index is 0.0323. The van der Waals surface area contributed by atoms with Gasteiger partial charge in [0, 0.05) is 26.7 Å². The summed E-state index contributed by atoms with van der Waals surface area (Å²) in [5.41, 5.74) is 1.03. The highest BCUT2D eigenvalue weighted by molar-refractivity contribution is 7.99. The van der Waals surface area contributed by atoms with Crippen LogP contribution in [-0.4, -0.2) is 58.6 Å². The second-order valence-corrected chi connectivity index (χ2v) is 8.83. The fourth-order valence-corrected chi connectivity index (χ4v) is 4.66. The van der Waals surface area contributed by atoms with Crippen molar-refractivity contribution < 1.29 is 13.9 Å². The molecule has 0 radical (unpaired) electrons. The van der Waals surface area contributed by atoms with Crippen LogP contribution in [0.1, 0.15) is 30.6 Å². The second kappa shape index (κ2) is 10.6. The molecule has 4 rings (SSSR count). The molecule has 0 unspecified atom stereocenters. The summed E-state index contributed by atoms with van der Waals surface area (Å²) in [5.74, 6) is 2.79. The van der Waals surface area contributed by atoms with Crippen LogP contribution in [0.2, 0.25) is 0 Å². The first-order valence-electron chi connectivity index (χ1n) is 10.8. The molecule has 32 heavy (non-hydrogen) atoms. The number of carbonyl (C=O) groups is 1. The third-order valence-electron chi connectivity index (χ3n) is 5.53. The molecule has 0 bridgehead atoms. The number of anilines is 1. The lowest BCUT2D eigenvalue weighted by molar-refractivity contribution is -0.127. The molecule has 8 nitrogen and oxygen atoms in total. The summed E-state index contributed by atoms with van der Waals surface area (Å²) in [4.78, 5) is 16.8. The smallest absolute Gasteiger partial charge is 0.233 e. The van der Waals surface area contributed by atoms with Crippen molar-refractivity contribution in [2.45, 2.75) is 37.5 Å². The lowest BCUT2D eigenvalue weighted by Gasteiger charge is -2.27. The fraction of sp³-hybridized carbons (Fsp3) is 0.435. The van der Waals surface area contributed by atoms with E-state index >= 15 is 0 Å². The molecule has 170 valence electrons. The molecule has 1 aliphatic heterocycles. The van der Waals surface area contributed by atoms with Gasteiger partial charge >= 0.3 is 0 Å². The molecule has 3 heterocycles. The van der Waals surface area contributed by atoms with Gasteiger partial charge in [0.15, 0.2) is 5.16 Å². The van der Waals surface area contributed by atoms with Gasteiger partial charge in [-0.1, -0.05) is 23.9 Å². The van der Waals surface area contributed by atoms with Crippen molar-refractivity contribution in [3.8, 4) is 5.75 Å². The Morgan fingerprint density at radius 3 is 2.78 bits per heavy atom. The number of aromatic nitrogens is 3. The van der Waals surface area contributed by atoms with Gasteiger partial charge in [0.2, 0.25) is 11.9 Å². The maximum Gasteiger partial charge on any atom is 0.233 e. The zero-order chi connectivity index (χ0) is 22.3. The number of ether oxygens (including phenoxy) is 1.